The molecule has 0 N–H and O–H groups in total. The van der Waals surface area contributed by atoms with E-state index < -0.39 is 6.61 Å². The summed E-state index contributed by atoms with van der Waals surface area (Å²) in [5, 5.41) is 0. The maximum absolute atomic E-state index is 12.3. The number of ketones is 1. The van der Waals surface area contributed by atoms with Crippen molar-refractivity contribution in [1.29, 1.82) is 0 Å². The first-order valence-electron chi connectivity index (χ1n) is 6.26. The molecule has 18 heavy (non-hydrogen) atoms. The van der Waals surface area contributed by atoms with E-state index in [9.17, 15) is 13.6 Å². The van der Waals surface area contributed by atoms with E-state index in [1.54, 1.807) is 18.2 Å². The first-order chi connectivity index (χ1) is 8.68. The van der Waals surface area contributed by atoms with Crippen LogP contribution in [0.25, 0.3) is 0 Å². The Bertz CT molecular complexity index is 412. The maximum Gasteiger partial charge on any atom is 0.387 e. The predicted molar refractivity (Wildman–Crippen MR) is 64.0 cm³/mol. The Morgan fingerprint density at radius 2 is 1.83 bits per heavy atom. The average Bonchev–Trinajstić information content (AvgIpc) is 2.39. The molecule has 1 aliphatic carbocycles. The van der Waals surface area contributed by atoms with Crippen LogP contribution in [0.2, 0.25) is 0 Å². The number of halogens is 2. The summed E-state index contributed by atoms with van der Waals surface area (Å²) in [5.41, 5.74) is 0.282. The molecule has 0 spiro atoms. The van der Waals surface area contributed by atoms with Gasteiger partial charge in [-0.3, -0.25) is 4.79 Å². The number of carbonyl (C=O) groups is 1. The van der Waals surface area contributed by atoms with Gasteiger partial charge in [-0.1, -0.05) is 31.4 Å². The Morgan fingerprint density at radius 1 is 1.17 bits per heavy atom. The molecular weight excluding hydrogens is 238 g/mol. The minimum atomic E-state index is -2.90. The van der Waals surface area contributed by atoms with Crippen LogP contribution in [0, 0.1) is 5.92 Å². The summed E-state index contributed by atoms with van der Waals surface area (Å²) >= 11 is 0. The van der Waals surface area contributed by atoms with E-state index in [-0.39, 0.29) is 23.0 Å². The third-order valence-corrected chi connectivity index (χ3v) is 3.34. The second-order valence-corrected chi connectivity index (χ2v) is 4.57. The van der Waals surface area contributed by atoms with Crippen LogP contribution in [0.5, 0.6) is 5.75 Å². The molecule has 0 amide bonds. The van der Waals surface area contributed by atoms with Gasteiger partial charge in [-0.2, -0.15) is 8.78 Å². The van der Waals surface area contributed by atoms with Crippen molar-refractivity contribution in [3.8, 4) is 5.75 Å². The van der Waals surface area contributed by atoms with Gasteiger partial charge in [0.1, 0.15) is 5.75 Å². The van der Waals surface area contributed by atoms with Crippen LogP contribution < -0.4 is 4.74 Å². The summed E-state index contributed by atoms with van der Waals surface area (Å²) in [6.07, 6.45) is 4.92. The van der Waals surface area contributed by atoms with Crippen molar-refractivity contribution in [1.82, 2.24) is 0 Å². The van der Waals surface area contributed by atoms with Gasteiger partial charge in [0, 0.05) is 5.92 Å². The first kappa shape index (κ1) is 13.0. The van der Waals surface area contributed by atoms with E-state index in [0.29, 0.717) is 0 Å². The summed E-state index contributed by atoms with van der Waals surface area (Å²) in [4.78, 5) is 12.3. The lowest BCUT2D eigenvalue weighted by atomic mass is 9.83. The number of hydrogen-bond donors (Lipinski definition) is 0. The number of hydrogen-bond acceptors (Lipinski definition) is 2. The fourth-order valence-corrected chi connectivity index (χ4v) is 2.45. The Balaban J connectivity index is 2.18. The van der Waals surface area contributed by atoms with Gasteiger partial charge in [-0.15, -0.1) is 0 Å². The summed E-state index contributed by atoms with van der Waals surface area (Å²) in [5.74, 6) is -0.116. The van der Waals surface area contributed by atoms with E-state index in [2.05, 4.69) is 4.74 Å². The molecule has 1 aromatic carbocycles. The van der Waals surface area contributed by atoms with Crippen LogP contribution in [0.3, 0.4) is 0 Å². The second-order valence-electron chi connectivity index (χ2n) is 4.57. The molecule has 0 aliphatic heterocycles. The summed E-state index contributed by atoms with van der Waals surface area (Å²) in [6.45, 7) is -2.90. The zero-order valence-electron chi connectivity index (χ0n) is 10.1. The van der Waals surface area contributed by atoms with E-state index in [1.165, 1.54) is 6.07 Å². The first-order valence-corrected chi connectivity index (χ1v) is 6.26. The van der Waals surface area contributed by atoms with Crippen LogP contribution in [0.1, 0.15) is 42.5 Å². The number of benzene rings is 1. The monoisotopic (exact) mass is 254 g/mol. The zero-order valence-corrected chi connectivity index (χ0v) is 10.1. The van der Waals surface area contributed by atoms with Crippen molar-refractivity contribution in [3.05, 3.63) is 29.8 Å². The lowest BCUT2D eigenvalue weighted by molar-refractivity contribution is -0.0502. The highest BCUT2D eigenvalue weighted by atomic mass is 19.3. The third kappa shape index (κ3) is 3.06. The van der Waals surface area contributed by atoms with Gasteiger partial charge in [0.05, 0.1) is 5.56 Å². The molecule has 2 rings (SSSR count). The Labute approximate surface area is 105 Å². The molecule has 0 bridgehead atoms. The maximum atomic E-state index is 12.3. The minimum Gasteiger partial charge on any atom is -0.434 e. The molecule has 0 atom stereocenters. The fourth-order valence-electron chi connectivity index (χ4n) is 2.45. The minimum absolute atomic E-state index is 0.0110. The largest absolute Gasteiger partial charge is 0.434 e. The van der Waals surface area contributed by atoms with Crippen molar-refractivity contribution in [2.75, 3.05) is 0 Å². The van der Waals surface area contributed by atoms with Crippen LogP contribution in [0.4, 0.5) is 8.78 Å². The quantitative estimate of drug-likeness (QED) is 0.758. The number of para-hydroxylation sites is 1. The second kappa shape index (κ2) is 5.94. The topological polar surface area (TPSA) is 26.3 Å². The predicted octanol–water partition coefficient (Wildman–Crippen LogP) is 4.05. The van der Waals surface area contributed by atoms with Gasteiger partial charge in [0.2, 0.25) is 0 Å². The molecule has 98 valence electrons. The van der Waals surface area contributed by atoms with Gasteiger partial charge >= 0.3 is 6.61 Å². The number of rotatable bonds is 4. The Hall–Kier alpha value is -1.45. The molecule has 0 aromatic heterocycles. The van der Waals surface area contributed by atoms with Gasteiger partial charge < -0.3 is 4.74 Å². The third-order valence-electron chi connectivity index (χ3n) is 3.34. The highest BCUT2D eigenvalue weighted by molar-refractivity contribution is 6.00. The zero-order chi connectivity index (χ0) is 13.0. The number of carbonyl (C=O) groups excluding carboxylic acids is 1. The van der Waals surface area contributed by atoms with Gasteiger partial charge in [0.25, 0.3) is 0 Å². The molecule has 0 heterocycles. The van der Waals surface area contributed by atoms with Gasteiger partial charge in [-0.25, -0.2) is 0 Å². The van der Waals surface area contributed by atoms with Gasteiger partial charge in [-0.05, 0) is 25.0 Å². The molecule has 1 aromatic rings. The number of alkyl halides is 2. The van der Waals surface area contributed by atoms with Crippen molar-refractivity contribution in [2.45, 2.75) is 38.7 Å². The Kier molecular flexibility index (Phi) is 4.28. The highest BCUT2D eigenvalue weighted by Gasteiger charge is 2.25. The van der Waals surface area contributed by atoms with Crippen molar-refractivity contribution in [3.63, 3.8) is 0 Å². The average molecular weight is 254 g/mol. The van der Waals surface area contributed by atoms with Crippen molar-refractivity contribution in [2.24, 2.45) is 5.92 Å². The van der Waals surface area contributed by atoms with Crippen molar-refractivity contribution < 1.29 is 18.3 Å². The van der Waals surface area contributed by atoms with E-state index >= 15 is 0 Å². The summed E-state index contributed by atoms with van der Waals surface area (Å²) in [7, 11) is 0. The number of Topliss-reactive ketones (excluding diaryl/α,β-unsaturated/α-hetero) is 1. The van der Waals surface area contributed by atoms with Crippen molar-refractivity contribution >= 4 is 5.78 Å². The molecule has 0 unspecified atom stereocenters. The lowest BCUT2D eigenvalue weighted by Gasteiger charge is -2.21. The fraction of sp³-hybridized carbons (Fsp3) is 0.500. The van der Waals surface area contributed by atoms with E-state index in [0.717, 1.165) is 32.1 Å². The number of ether oxygens (including phenoxy) is 1. The lowest BCUT2D eigenvalue weighted by Crippen LogP contribution is -2.19. The molecule has 4 heteroatoms. The summed E-state index contributed by atoms with van der Waals surface area (Å²) < 4.78 is 28.9. The van der Waals surface area contributed by atoms with Crippen LogP contribution >= 0.6 is 0 Å². The molecule has 2 nitrogen and oxygen atoms in total. The molecule has 1 saturated carbocycles. The van der Waals surface area contributed by atoms with Crippen LogP contribution in [-0.4, -0.2) is 12.4 Å². The van der Waals surface area contributed by atoms with E-state index in [1.807, 2.05) is 0 Å². The molecular formula is C14H16F2O2. The highest BCUT2D eigenvalue weighted by Crippen LogP contribution is 2.30. The normalized spacial score (nSPS) is 16.8. The summed E-state index contributed by atoms with van der Waals surface area (Å²) in [6, 6.07) is 6.25. The Morgan fingerprint density at radius 3 is 2.50 bits per heavy atom. The van der Waals surface area contributed by atoms with E-state index in [4.69, 9.17) is 0 Å². The molecule has 0 radical (unpaired) electrons. The van der Waals surface area contributed by atoms with Crippen LogP contribution in [0.15, 0.2) is 24.3 Å². The molecule has 0 saturated heterocycles. The smallest absolute Gasteiger partial charge is 0.387 e. The van der Waals surface area contributed by atoms with Crippen LogP contribution in [-0.2, 0) is 0 Å². The molecule has 1 aliphatic rings. The SMILES string of the molecule is O=C(c1ccccc1OC(F)F)C1CCCCC1. The molecule has 1 fully saturated rings. The standard InChI is InChI=1S/C14H16F2O2/c15-14(16)18-12-9-5-4-8-11(12)13(17)10-6-2-1-3-7-10/h4-5,8-10,14H,1-3,6-7H2. The van der Waals surface area contributed by atoms with Gasteiger partial charge in [0.15, 0.2) is 5.78 Å².